The van der Waals surface area contributed by atoms with E-state index in [0.717, 1.165) is 70.8 Å². The smallest absolute Gasteiger partial charge is 0.261 e. The fourth-order valence-electron chi connectivity index (χ4n) is 5.85. The van der Waals surface area contributed by atoms with E-state index in [1.165, 1.54) is 5.56 Å². The zero-order chi connectivity index (χ0) is 21.7. The molecule has 1 amide bonds. The molecular formula is C26H28N4O2. The lowest BCUT2D eigenvalue weighted by atomic mass is 9.86. The molecule has 0 bridgehead atoms. The van der Waals surface area contributed by atoms with Gasteiger partial charge in [-0.25, -0.2) is 4.98 Å². The third-order valence-corrected chi connectivity index (χ3v) is 7.56. The Morgan fingerprint density at radius 3 is 2.72 bits per heavy atom. The summed E-state index contributed by atoms with van der Waals surface area (Å²) in [5.41, 5.74) is 2.87. The highest BCUT2D eigenvalue weighted by atomic mass is 16.2. The van der Waals surface area contributed by atoms with Crippen LogP contribution in [0.25, 0.3) is 10.9 Å². The molecule has 2 fully saturated rings. The van der Waals surface area contributed by atoms with Crippen LogP contribution in [0, 0.1) is 5.41 Å². The van der Waals surface area contributed by atoms with Crippen LogP contribution < -0.4 is 5.56 Å². The molecule has 32 heavy (non-hydrogen) atoms. The van der Waals surface area contributed by atoms with Crippen molar-refractivity contribution in [3.8, 4) is 0 Å². The monoisotopic (exact) mass is 428 g/mol. The molecule has 4 heterocycles. The van der Waals surface area contributed by atoms with Gasteiger partial charge in [0.1, 0.15) is 5.82 Å². The summed E-state index contributed by atoms with van der Waals surface area (Å²) in [6.07, 6.45) is 4.00. The van der Waals surface area contributed by atoms with Crippen LogP contribution in [0.15, 0.2) is 53.3 Å². The summed E-state index contributed by atoms with van der Waals surface area (Å²) >= 11 is 0. The molecule has 2 saturated heterocycles. The first kappa shape index (κ1) is 19.7. The Kier molecular flexibility index (Phi) is 4.65. The van der Waals surface area contributed by atoms with Crippen molar-refractivity contribution in [3.05, 3.63) is 75.8 Å². The standard InChI is InChI=1S/C26H28N4O2/c31-24(20-8-9-21-22(15-20)27-23-7-4-12-30(23)25(21)32)29-14-11-26(18-29)10-13-28(17-26)16-19-5-2-1-3-6-19/h1-3,5-6,8-9,15H,4,7,10-14,16-18H2. The third-order valence-electron chi connectivity index (χ3n) is 7.56. The number of amides is 1. The topological polar surface area (TPSA) is 58.4 Å². The average molecular weight is 429 g/mol. The van der Waals surface area contributed by atoms with Crippen LogP contribution in [0.1, 0.15) is 41.0 Å². The molecule has 3 aliphatic rings. The summed E-state index contributed by atoms with van der Waals surface area (Å²) < 4.78 is 1.77. The van der Waals surface area contributed by atoms with Crippen LogP contribution in [0.4, 0.5) is 0 Å². The fourth-order valence-corrected chi connectivity index (χ4v) is 5.85. The lowest BCUT2D eigenvalue weighted by Gasteiger charge is -2.25. The maximum Gasteiger partial charge on any atom is 0.261 e. The maximum atomic E-state index is 13.3. The molecule has 3 aromatic rings. The fraction of sp³-hybridized carbons (Fsp3) is 0.423. The number of nitrogens with zero attached hydrogens (tertiary/aromatic N) is 4. The number of carbonyl (C=O) groups excluding carboxylic acids is 1. The number of likely N-dealkylation sites (tertiary alicyclic amines) is 2. The third kappa shape index (κ3) is 3.34. The second kappa shape index (κ2) is 7.55. The predicted molar refractivity (Wildman–Crippen MR) is 124 cm³/mol. The van der Waals surface area contributed by atoms with Crippen molar-refractivity contribution in [1.82, 2.24) is 19.4 Å². The number of fused-ring (bicyclic) bond motifs is 2. The van der Waals surface area contributed by atoms with E-state index >= 15 is 0 Å². The predicted octanol–water partition coefficient (Wildman–Crippen LogP) is 3.08. The van der Waals surface area contributed by atoms with Crippen molar-refractivity contribution in [2.75, 3.05) is 26.2 Å². The Labute approximate surface area is 187 Å². The van der Waals surface area contributed by atoms with Crippen molar-refractivity contribution in [2.24, 2.45) is 5.41 Å². The van der Waals surface area contributed by atoms with E-state index < -0.39 is 0 Å². The lowest BCUT2D eigenvalue weighted by molar-refractivity contribution is 0.0773. The molecule has 0 aliphatic carbocycles. The summed E-state index contributed by atoms with van der Waals surface area (Å²) in [4.78, 5) is 35.3. The van der Waals surface area contributed by atoms with Crippen molar-refractivity contribution in [2.45, 2.75) is 38.8 Å². The first-order valence-corrected chi connectivity index (χ1v) is 11.7. The zero-order valence-corrected chi connectivity index (χ0v) is 18.3. The molecule has 0 radical (unpaired) electrons. The highest BCUT2D eigenvalue weighted by Gasteiger charge is 2.44. The van der Waals surface area contributed by atoms with E-state index in [9.17, 15) is 9.59 Å². The maximum absolute atomic E-state index is 13.3. The minimum atomic E-state index is 0.0195. The Morgan fingerprint density at radius 2 is 1.84 bits per heavy atom. The van der Waals surface area contributed by atoms with Crippen molar-refractivity contribution < 1.29 is 4.79 Å². The van der Waals surface area contributed by atoms with Gasteiger partial charge in [-0.05, 0) is 49.6 Å². The van der Waals surface area contributed by atoms with E-state index in [4.69, 9.17) is 4.98 Å². The molecule has 6 rings (SSSR count). The molecule has 1 spiro atoms. The highest BCUT2D eigenvalue weighted by Crippen LogP contribution is 2.40. The van der Waals surface area contributed by atoms with Gasteiger partial charge in [0.05, 0.1) is 10.9 Å². The van der Waals surface area contributed by atoms with Crippen LogP contribution in [-0.2, 0) is 19.5 Å². The van der Waals surface area contributed by atoms with Gasteiger partial charge in [0.15, 0.2) is 0 Å². The molecule has 1 atom stereocenters. The number of carbonyl (C=O) groups is 1. The number of hydrogen-bond acceptors (Lipinski definition) is 4. The molecule has 2 aromatic carbocycles. The van der Waals surface area contributed by atoms with Crippen molar-refractivity contribution in [3.63, 3.8) is 0 Å². The van der Waals surface area contributed by atoms with Gasteiger partial charge in [0.2, 0.25) is 0 Å². The largest absolute Gasteiger partial charge is 0.338 e. The number of aryl methyl sites for hydroxylation is 1. The summed E-state index contributed by atoms with van der Waals surface area (Å²) in [5, 5.41) is 0.609. The molecule has 6 heteroatoms. The minimum absolute atomic E-state index is 0.0195. The molecule has 1 unspecified atom stereocenters. The van der Waals surface area contributed by atoms with Crippen LogP contribution in [0.2, 0.25) is 0 Å². The van der Waals surface area contributed by atoms with E-state index in [1.807, 2.05) is 11.0 Å². The molecule has 6 nitrogen and oxygen atoms in total. The Balaban J connectivity index is 1.18. The van der Waals surface area contributed by atoms with E-state index in [2.05, 4.69) is 35.2 Å². The van der Waals surface area contributed by atoms with Gasteiger partial charge >= 0.3 is 0 Å². The second-order valence-corrected chi connectivity index (χ2v) is 9.74. The summed E-state index contributed by atoms with van der Waals surface area (Å²) in [6.45, 7) is 5.48. The van der Waals surface area contributed by atoms with Crippen LogP contribution in [0.3, 0.4) is 0 Å². The number of benzene rings is 2. The van der Waals surface area contributed by atoms with E-state index in [0.29, 0.717) is 16.5 Å². The highest BCUT2D eigenvalue weighted by molar-refractivity contribution is 5.97. The van der Waals surface area contributed by atoms with E-state index in [1.54, 1.807) is 16.7 Å². The minimum Gasteiger partial charge on any atom is -0.338 e. The molecule has 0 saturated carbocycles. The van der Waals surface area contributed by atoms with Crippen LogP contribution in [-0.4, -0.2) is 51.4 Å². The quantitative estimate of drug-likeness (QED) is 0.643. The SMILES string of the molecule is O=C(c1ccc2c(=O)n3c(nc2c1)CCC3)N1CCC2(CCN(Cc3ccccc3)C2)C1. The van der Waals surface area contributed by atoms with Crippen LogP contribution in [0.5, 0.6) is 0 Å². The van der Waals surface area contributed by atoms with Crippen molar-refractivity contribution in [1.29, 1.82) is 0 Å². The Hall–Kier alpha value is -2.99. The van der Waals surface area contributed by atoms with Gasteiger partial charge in [-0.1, -0.05) is 30.3 Å². The molecule has 3 aliphatic heterocycles. The molecular weight excluding hydrogens is 400 g/mol. The summed E-state index contributed by atoms with van der Waals surface area (Å²) in [5.74, 6) is 0.907. The molecule has 0 N–H and O–H groups in total. The van der Waals surface area contributed by atoms with Gasteiger partial charge in [-0.15, -0.1) is 0 Å². The molecule has 1 aromatic heterocycles. The summed E-state index contributed by atoms with van der Waals surface area (Å²) in [6, 6.07) is 16.0. The number of hydrogen-bond donors (Lipinski definition) is 0. The van der Waals surface area contributed by atoms with Gasteiger partial charge in [0.25, 0.3) is 11.5 Å². The zero-order valence-electron chi connectivity index (χ0n) is 18.3. The number of aromatic nitrogens is 2. The van der Waals surface area contributed by atoms with Crippen molar-refractivity contribution >= 4 is 16.8 Å². The Bertz CT molecular complexity index is 1250. The number of rotatable bonds is 3. The Morgan fingerprint density at radius 1 is 1.00 bits per heavy atom. The van der Waals surface area contributed by atoms with E-state index in [-0.39, 0.29) is 16.9 Å². The molecule has 164 valence electrons. The van der Waals surface area contributed by atoms with Gasteiger partial charge in [-0.2, -0.15) is 0 Å². The van der Waals surface area contributed by atoms with Gasteiger partial charge in [-0.3, -0.25) is 19.1 Å². The second-order valence-electron chi connectivity index (χ2n) is 9.74. The van der Waals surface area contributed by atoms with Gasteiger partial charge in [0, 0.05) is 50.1 Å². The first-order valence-electron chi connectivity index (χ1n) is 11.7. The first-order chi connectivity index (χ1) is 15.6. The van der Waals surface area contributed by atoms with Crippen LogP contribution >= 0.6 is 0 Å². The average Bonchev–Trinajstić information content (AvgIpc) is 3.55. The summed E-state index contributed by atoms with van der Waals surface area (Å²) in [7, 11) is 0. The van der Waals surface area contributed by atoms with Gasteiger partial charge < -0.3 is 4.90 Å². The lowest BCUT2D eigenvalue weighted by Crippen LogP contribution is -2.34. The normalized spacial score (nSPS) is 22.8.